The predicted molar refractivity (Wildman–Crippen MR) is 75.2 cm³/mol. The van der Waals surface area contributed by atoms with Crippen molar-refractivity contribution in [3.8, 4) is 0 Å². The van der Waals surface area contributed by atoms with Crippen LogP contribution in [0.1, 0.15) is 36.5 Å². The Kier molecular flexibility index (Phi) is 4.37. The summed E-state index contributed by atoms with van der Waals surface area (Å²) >= 11 is 0. The van der Waals surface area contributed by atoms with Gasteiger partial charge in [0, 0.05) is 12.6 Å². The number of carbonyl (C=O) groups excluding carboxylic acids is 1. The lowest BCUT2D eigenvalue weighted by molar-refractivity contribution is -0.385. The first-order chi connectivity index (χ1) is 9.95. The number of nitrogens with zero attached hydrogens (tertiary/aromatic N) is 2. The molecule has 21 heavy (non-hydrogen) atoms. The number of nitro benzene ring substituents is 1. The molecule has 1 aromatic carbocycles. The highest BCUT2D eigenvalue weighted by atomic mass is 19.1. The van der Waals surface area contributed by atoms with Gasteiger partial charge in [-0.05, 0) is 32.3 Å². The van der Waals surface area contributed by atoms with E-state index >= 15 is 0 Å². The zero-order valence-electron chi connectivity index (χ0n) is 11.6. The number of rotatable bonds is 3. The molecule has 1 fully saturated rings. The van der Waals surface area contributed by atoms with Gasteiger partial charge in [0.2, 0.25) is 0 Å². The highest BCUT2D eigenvalue weighted by Crippen LogP contribution is 2.29. The third-order valence-corrected chi connectivity index (χ3v) is 3.73. The molecule has 114 valence electrons. The largest absolute Gasteiger partial charge is 0.336 e. The van der Waals surface area contributed by atoms with Crippen molar-refractivity contribution in [3.05, 3.63) is 33.6 Å². The number of likely N-dealkylation sites (tertiary alicyclic amines) is 1. The molecule has 8 heteroatoms. The quantitative estimate of drug-likeness (QED) is 0.505. The first kappa shape index (κ1) is 15.2. The van der Waals surface area contributed by atoms with Crippen LogP contribution in [0.15, 0.2) is 12.1 Å². The van der Waals surface area contributed by atoms with E-state index in [-0.39, 0.29) is 17.3 Å². The number of piperidine rings is 1. The summed E-state index contributed by atoms with van der Waals surface area (Å²) in [5.41, 5.74) is 1.26. The molecule has 1 atom stereocenters. The molecule has 0 radical (unpaired) electrons. The van der Waals surface area contributed by atoms with Gasteiger partial charge in [-0.1, -0.05) is 0 Å². The van der Waals surface area contributed by atoms with E-state index in [0.29, 0.717) is 6.54 Å². The fourth-order valence-electron chi connectivity index (χ4n) is 2.55. The fraction of sp³-hybridized carbons (Fsp3) is 0.462. The lowest BCUT2D eigenvalue weighted by Crippen LogP contribution is -2.42. The second kappa shape index (κ2) is 6.04. The molecular formula is C13H17FN4O3. The Morgan fingerprint density at radius 2 is 2.24 bits per heavy atom. The van der Waals surface area contributed by atoms with E-state index in [1.807, 2.05) is 6.92 Å². The van der Waals surface area contributed by atoms with Gasteiger partial charge in [0.15, 0.2) is 5.82 Å². The number of benzene rings is 1. The van der Waals surface area contributed by atoms with Crippen LogP contribution in [0, 0.1) is 15.9 Å². The number of hydrogen-bond donors (Lipinski definition) is 2. The Bertz CT molecular complexity index is 579. The molecule has 1 aliphatic heterocycles. The van der Waals surface area contributed by atoms with E-state index in [4.69, 9.17) is 5.84 Å². The smallest absolute Gasteiger partial charge is 0.285 e. The lowest BCUT2D eigenvalue weighted by atomic mass is 10.0. The van der Waals surface area contributed by atoms with Crippen LogP contribution in [0.2, 0.25) is 0 Å². The van der Waals surface area contributed by atoms with E-state index in [9.17, 15) is 19.3 Å². The van der Waals surface area contributed by atoms with E-state index in [1.165, 1.54) is 0 Å². The minimum absolute atomic E-state index is 0.00481. The van der Waals surface area contributed by atoms with Gasteiger partial charge in [-0.25, -0.2) is 4.39 Å². The first-order valence-corrected chi connectivity index (χ1v) is 6.71. The van der Waals surface area contributed by atoms with Gasteiger partial charge in [0.05, 0.1) is 16.7 Å². The minimum Gasteiger partial charge on any atom is -0.336 e. The van der Waals surface area contributed by atoms with Crippen molar-refractivity contribution >= 4 is 17.3 Å². The van der Waals surface area contributed by atoms with E-state index in [0.717, 1.165) is 31.4 Å². The summed E-state index contributed by atoms with van der Waals surface area (Å²) in [7, 11) is 0. The topological polar surface area (TPSA) is 102 Å². The summed E-state index contributed by atoms with van der Waals surface area (Å²) < 4.78 is 13.6. The SMILES string of the molecule is CC1CCCCN1C(=O)c1cc(NN)c(F)cc1[N+](=O)[O-]. The molecule has 1 aromatic rings. The maximum Gasteiger partial charge on any atom is 0.285 e. The van der Waals surface area contributed by atoms with Crippen molar-refractivity contribution in [2.45, 2.75) is 32.2 Å². The molecule has 2 rings (SSSR count). The van der Waals surface area contributed by atoms with Crippen LogP contribution in [-0.4, -0.2) is 28.3 Å². The summed E-state index contributed by atoms with van der Waals surface area (Å²) in [6.45, 7) is 2.44. The number of carbonyl (C=O) groups is 1. The van der Waals surface area contributed by atoms with Crippen LogP contribution in [0.4, 0.5) is 15.8 Å². The molecule has 0 bridgehead atoms. The van der Waals surface area contributed by atoms with Gasteiger partial charge in [-0.2, -0.15) is 0 Å². The minimum atomic E-state index is -0.868. The average Bonchev–Trinajstić information content (AvgIpc) is 2.46. The molecule has 0 aromatic heterocycles. The third-order valence-electron chi connectivity index (χ3n) is 3.73. The Hall–Kier alpha value is -2.22. The van der Waals surface area contributed by atoms with Crippen LogP contribution < -0.4 is 11.3 Å². The number of amides is 1. The first-order valence-electron chi connectivity index (χ1n) is 6.71. The van der Waals surface area contributed by atoms with Gasteiger partial charge in [0.25, 0.3) is 11.6 Å². The number of anilines is 1. The highest BCUT2D eigenvalue weighted by molar-refractivity contribution is 5.99. The lowest BCUT2D eigenvalue weighted by Gasteiger charge is -2.33. The molecule has 1 heterocycles. The zero-order chi connectivity index (χ0) is 15.6. The molecular weight excluding hydrogens is 279 g/mol. The molecule has 1 amide bonds. The van der Waals surface area contributed by atoms with Gasteiger partial charge in [0.1, 0.15) is 5.56 Å². The zero-order valence-corrected chi connectivity index (χ0v) is 11.6. The number of halogens is 1. The van der Waals surface area contributed by atoms with Crippen LogP contribution >= 0.6 is 0 Å². The van der Waals surface area contributed by atoms with E-state index in [2.05, 4.69) is 5.43 Å². The Morgan fingerprint density at radius 3 is 2.81 bits per heavy atom. The number of hydrogen-bond acceptors (Lipinski definition) is 5. The summed E-state index contributed by atoms with van der Waals surface area (Å²) in [5, 5.41) is 11.1. The third kappa shape index (κ3) is 2.94. The van der Waals surface area contributed by atoms with Crippen molar-refractivity contribution in [2.75, 3.05) is 12.0 Å². The summed E-state index contributed by atoms with van der Waals surface area (Å²) in [4.78, 5) is 24.4. The Morgan fingerprint density at radius 1 is 1.52 bits per heavy atom. The molecule has 0 aliphatic carbocycles. The second-order valence-electron chi connectivity index (χ2n) is 5.09. The van der Waals surface area contributed by atoms with Crippen LogP contribution in [-0.2, 0) is 0 Å². The molecule has 1 saturated heterocycles. The van der Waals surface area contributed by atoms with Crippen molar-refractivity contribution in [3.63, 3.8) is 0 Å². The standard InChI is InChI=1S/C13H17FN4O3/c1-8-4-2-3-5-17(8)13(19)9-6-11(16-15)10(14)7-12(9)18(20)21/h6-8,16H,2-5,15H2,1H3. The number of nitrogen functional groups attached to an aromatic ring is 1. The molecule has 3 N–H and O–H groups in total. The maximum atomic E-state index is 13.6. The van der Waals surface area contributed by atoms with Crippen LogP contribution in [0.5, 0.6) is 0 Å². The van der Waals surface area contributed by atoms with Crippen molar-refractivity contribution in [1.29, 1.82) is 0 Å². The van der Waals surface area contributed by atoms with Crippen molar-refractivity contribution in [1.82, 2.24) is 4.90 Å². The van der Waals surface area contributed by atoms with Crippen molar-refractivity contribution in [2.24, 2.45) is 5.84 Å². The van der Waals surface area contributed by atoms with Gasteiger partial charge < -0.3 is 10.3 Å². The molecule has 7 nitrogen and oxygen atoms in total. The fourth-order valence-corrected chi connectivity index (χ4v) is 2.55. The van der Waals surface area contributed by atoms with Crippen molar-refractivity contribution < 1.29 is 14.1 Å². The number of nitro groups is 1. The maximum absolute atomic E-state index is 13.6. The number of nitrogens with one attached hydrogen (secondary N) is 1. The molecule has 0 saturated carbocycles. The molecule has 1 aliphatic rings. The second-order valence-corrected chi connectivity index (χ2v) is 5.09. The predicted octanol–water partition coefficient (Wildman–Crippen LogP) is 2.03. The van der Waals surface area contributed by atoms with Gasteiger partial charge in [-0.15, -0.1) is 0 Å². The Balaban J connectivity index is 2.45. The molecule has 0 spiro atoms. The van der Waals surface area contributed by atoms with Gasteiger partial charge in [-0.3, -0.25) is 20.8 Å². The van der Waals surface area contributed by atoms with E-state index < -0.39 is 22.3 Å². The molecule has 1 unspecified atom stereocenters. The van der Waals surface area contributed by atoms with Gasteiger partial charge >= 0.3 is 0 Å². The number of hydrazine groups is 1. The number of nitrogens with two attached hydrogens (primary N) is 1. The summed E-state index contributed by atoms with van der Waals surface area (Å²) in [5.74, 6) is 3.83. The van der Waals surface area contributed by atoms with Crippen LogP contribution in [0.3, 0.4) is 0 Å². The van der Waals surface area contributed by atoms with E-state index in [1.54, 1.807) is 4.90 Å². The normalized spacial score (nSPS) is 18.4. The van der Waals surface area contributed by atoms with Crippen LogP contribution in [0.25, 0.3) is 0 Å². The summed E-state index contributed by atoms with van der Waals surface area (Å²) in [6, 6.07) is 1.82. The Labute approximate surface area is 121 Å². The summed E-state index contributed by atoms with van der Waals surface area (Å²) in [6.07, 6.45) is 2.72. The highest BCUT2D eigenvalue weighted by Gasteiger charge is 2.30. The monoisotopic (exact) mass is 296 g/mol. The average molecular weight is 296 g/mol.